The zero-order valence-electron chi connectivity index (χ0n) is 13.5. The highest BCUT2D eigenvalue weighted by molar-refractivity contribution is 5.97. The molecule has 1 aromatic carbocycles. The minimum atomic E-state index is -0.294. The zero-order chi connectivity index (χ0) is 16.1. The molecule has 0 saturated carbocycles. The van der Waals surface area contributed by atoms with Crippen LogP contribution in [-0.2, 0) is 20.7 Å². The van der Waals surface area contributed by atoms with Crippen LogP contribution in [0.4, 0.5) is 5.69 Å². The molecule has 0 unspecified atom stereocenters. The van der Waals surface area contributed by atoms with Gasteiger partial charge in [-0.25, -0.2) is 0 Å². The van der Waals surface area contributed by atoms with Gasteiger partial charge in [0.15, 0.2) is 0 Å². The number of methoxy groups -OCH3 is 1. The Labute approximate surface area is 131 Å². The first-order valence-electron chi connectivity index (χ1n) is 7.73. The van der Waals surface area contributed by atoms with E-state index in [1.54, 1.807) is 12.0 Å². The number of carbonyl (C=O) groups excluding carboxylic acids is 2. The van der Waals surface area contributed by atoms with Gasteiger partial charge >= 0.3 is 0 Å². The van der Waals surface area contributed by atoms with Crippen molar-refractivity contribution in [1.82, 2.24) is 4.90 Å². The molecule has 1 heterocycles. The Bertz CT molecular complexity index is 527. The summed E-state index contributed by atoms with van der Waals surface area (Å²) in [6.45, 7) is 4.97. The molecule has 1 aliphatic heterocycles. The van der Waals surface area contributed by atoms with Crippen molar-refractivity contribution in [3.05, 3.63) is 29.8 Å². The molecule has 1 N–H and O–H groups in total. The van der Waals surface area contributed by atoms with E-state index in [9.17, 15) is 9.59 Å². The highest BCUT2D eigenvalue weighted by atomic mass is 16.5. The van der Waals surface area contributed by atoms with Crippen LogP contribution in [0.25, 0.3) is 0 Å². The average Bonchev–Trinajstić information content (AvgIpc) is 2.90. The van der Waals surface area contributed by atoms with E-state index in [1.165, 1.54) is 5.56 Å². The highest BCUT2D eigenvalue weighted by Gasteiger charge is 2.36. The van der Waals surface area contributed by atoms with Crippen LogP contribution in [0.5, 0.6) is 0 Å². The van der Waals surface area contributed by atoms with Gasteiger partial charge in [-0.3, -0.25) is 9.59 Å². The van der Waals surface area contributed by atoms with E-state index in [2.05, 4.69) is 12.2 Å². The number of nitrogens with one attached hydrogen (secondary N) is 1. The molecule has 2 amide bonds. The van der Waals surface area contributed by atoms with Crippen molar-refractivity contribution in [3.8, 4) is 0 Å². The molecular weight excluding hydrogens is 280 g/mol. The number of benzene rings is 1. The van der Waals surface area contributed by atoms with E-state index < -0.39 is 0 Å². The van der Waals surface area contributed by atoms with Gasteiger partial charge in [0, 0.05) is 25.8 Å². The van der Waals surface area contributed by atoms with E-state index >= 15 is 0 Å². The van der Waals surface area contributed by atoms with E-state index in [4.69, 9.17) is 4.74 Å². The first-order chi connectivity index (χ1) is 10.5. The largest absolute Gasteiger partial charge is 0.383 e. The second-order valence-electron chi connectivity index (χ2n) is 5.79. The van der Waals surface area contributed by atoms with Gasteiger partial charge in [0.05, 0.1) is 18.6 Å². The number of ether oxygens (including phenoxy) is 1. The van der Waals surface area contributed by atoms with Crippen molar-refractivity contribution in [2.75, 3.05) is 25.6 Å². The fourth-order valence-corrected chi connectivity index (χ4v) is 2.73. The van der Waals surface area contributed by atoms with Gasteiger partial charge in [0.2, 0.25) is 11.8 Å². The Hall–Kier alpha value is -1.88. The van der Waals surface area contributed by atoms with Gasteiger partial charge in [-0.15, -0.1) is 0 Å². The van der Waals surface area contributed by atoms with Crippen molar-refractivity contribution >= 4 is 17.5 Å². The van der Waals surface area contributed by atoms with Crippen LogP contribution in [0.2, 0.25) is 0 Å². The Morgan fingerprint density at radius 1 is 1.41 bits per heavy atom. The van der Waals surface area contributed by atoms with Crippen LogP contribution >= 0.6 is 0 Å². The quantitative estimate of drug-likeness (QED) is 0.875. The lowest BCUT2D eigenvalue weighted by Crippen LogP contribution is -2.38. The number of nitrogens with zero attached hydrogens (tertiary/aromatic N) is 1. The predicted molar refractivity (Wildman–Crippen MR) is 85.6 cm³/mol. The minimum Gasteiger partial charge on any atom is -0.383 e. The molecule has 1 saturated heterocycles. The van der Waals surface area contributed by atoms with Crippen LogP contribution in [0.3, 0.4) is 0 Å². The van der Waals surface area contributed by atoms with Crippen molar-refractivity contribution in [2.45, 2.75) is 32.7 Å². The third-order valence-electron chi connectivity index (χ3n) is 4.10. The molecule has 0 spiro atoms. The molecule has 22 heavy (non-hydrogen) atoms. The summed E-state index contributed by atoms with van der Waals surface area (Å²) in [5.74, 6) is -0.367. The molecule has 0 aliphatic carbocycles. The number of amides is 2. The summed E-state index contributed by atoms with van der Waals surface area (Å²) in [5, 5.41) is 2.90. The molecule has 2 rings (SSSR count). The van der Waals surface area contributed by atoms with Crippen LogP contribution in [-0.4, -0.2) is 43.0 Å². The van der Waals surface area contributed by atoms with Crippen molar-refractivity contribution < 1.29 is 14.3 Å². The lowest BCUT2D eigenvalue weighted by Gasteiger charge is -2.23. The monoisotopic (exact) mass is 304 g/mol. The lowest BCUT2D eigenvalue weighted by atomic mass is 10.1. The molecular formula is C17H24N2O3. The summed E-state index contributed by atoms with van der Waals surface area (Å²) in [6.07, 6.45) is 1.24. The van der Waals surface area contributed by atoms with Gasteiger partial charge in [-0.2, -0.15) is 0 Å². The Kier molecular flexibility index (Phi) is 5.55. The van der Waals surface area contributed by atoms with Gasteiger partial charge in [-0.1, -0.05) is 19.1 Å². The summed E-state index contributed by atoms with van der Waals surface area (Å²) in [7, 11) is 1.61. The van der Waals surface area contributed by atoms with E-state index in [0.717, 1.165) is 12.1 Å². The molecule has 0 bridgehead atoms. The third kappa shape index (κ3) is 3.85. The average molecular weight is 304 g/mol. The number of likely N-dealkylation sites (tertiary alicyclic amines) is 1. The molecule has 1 aromatic rings. The second kappa shape index (κ2) is 7.40. The first-order valence-corrected chi connectivity index (χ1v) is 7.73. The van der Waals surface area contributed by atoms with E-state index in [-0.39, 0.29) is 30.2 Å². The summed E-state index contributed by atoms with van der Waals surface area (Å²) in [4.78, 5) is 26.1. The fourth-order valence-electron chi connectivity index (χ4n) is 2.73. The number of carbonyl (C=O) groups is 2. The maximum absolute atomic E-state index is 12.3. The Morgan fingerprint density at radius 3 is 2.68 bits per heavy atom. The summed E-state index contributed by atoms with van der Waals surface area (Å²) in [5.41, 5.74) is 2.01. The number of hydrogen-bond acceptors (Lipinski definition) is 3. The minimum absolute atomic E-state index is 0.000798. The lowest BCUT2D eigenvalue weighted by molar-refractivity contribution is -0.130. The predicted octanol–water partition coefficient (Wildman–Crippen LogP) is 2.07. The van der Waals surface area contributed by atoms with Gasteiger partial charge < -0.3 is 15.0 Å². The summed E-state index contributed by atoms with van der Waals surface area (Å²) >= 11 is 0. The van der Waals surface area contributed by atoms with Crippen molar-refractivity contribution in [3.63, 3.8) is 0 Å². The topological polar surface area (TPSA) is 58.6 Å². The van der Waals surface area contributed by atoms with Gasteiger partial charge in [-0.05, 0) is 31.0 Å². The van der Waals surface area contributed by atoms with Crippen LogP contribution in [0.1, 0.15) is 25.8 Å². The Morgan fingerprint density at radius 2 is 2.09 bits per heavy atom. The zero-order valence-corrected chi connectivity index (χ0v) is 13.5. The number of rotatable bonds is 6. The summed E-state index contributed by atoms with van der Waals surface area (Å²) < 4.78 is 5.08. The molecule has 5 heteroatoms. The molecule has 1 fully saturated rings. The van der Waals surface area contributed by atoms with Crippen LogP contribution in [0, 0.1) is 5.92 Å². The maximum Gasteiger partial charge on any atom is 0.229 e. The first kappa shape index (κ1) is 16.5. The standard InChI is InChI=1S/C17H24N2O3/c1-4-13-5-7-15(8-6-13)18-17(21)14-9-16(20)19(10-14)12(2)11-22-3/h5-8,12,14H,4,9-11H2,1-3H3,(H,18,21)/t12-,14+/m0/s1. The molecule has 1 aliphatic rings. The third-order valence-corrected chi connectivity index (χ3v) is 4.10. The second-order valence-corrected chi connectivity index (χ2v) is 5.79. The van der Waals surface area contributed by atoms with Crippen molar-refractivity contribution in [1.29, 1.82) is 0 Å². The molecule has 5 nitrogen and oxygen atoms in total. The number of hydrogen-bond donors (Lipinski definition) is 1. The smallest absolute Gasteiger partial charge is 0.229 e. The fraction of sp³-hybridized carbons (Fsp3) is 0.529. The normalized spacial score (nSPS) is 19.3. The van der Waals surface area contributed by atoms with Crippen molar-refractivity contribution in [2.24, 2.45) is 5.92 Å². The van der Waals surface area contributed by atoms with E-state index in [0.29, 0.717) is 13.2 Å². The van der Waals surface area contributed by atoms with Gasteiger partial charge in [0.1, 0.15) is 0 Å². The van der Waals surface area contributed by atoms with Gasteiger partial charge in [0.25, 0.3) is 0 Å². The highest BCUT2D eigenvalue weighted by Crippen LogP contribution is 2.22. The maximum atomic E-state index is 12.3. The molecule has 0 radical (unpaired) electrons. The SMILES string of the molecule is CCc1ccc(NC(=O)[C@@H]2CC(=O)N([C@@H](C)COC)C2)cc1. The van der Waals surface area contributed by atoms with Crippen LogP contribution < -0.4 is 5.32 Å². The number of aryl methyl sites for hydroxylation is 1. The van der Waals surface area contributed by atoms with Crippen LogP contribution in [0.15, 0.2) is 24.3 Å². The number of anilines is 1. The molecule has 2 atom stereocenters. The molecule has 120 valence electrons. The molecule has 0 aromatic heterocycles. The van der Waals surface area contributed by atoms with E-state index in [1.807, 2.05) is 31.2 Å². The summed E-state index contributed by atoms with van der Waals surface area (Å²) in [6, 6.07) is 7.81. The Balaban J connectivity index is 1.94.